The van der Waals surface area contributed by atoms with E-state index in [1.165, 1.54) is 0 Å². The number of rotatable bonds is 0. The normalized spacial score (nSPS) is 14.2. The molecule has 2 aromatic rings. The zero-order chi connectivity index (χ0) is 11.1. The zero-order valence-electron chi connectivity index (χ0n) is 8.61. The fraction of sp³-hybridized carbons (Fsp3) is 0.154. The maximum atomic E-state index is 12.3. The Kier molecular flexibility index (Phi) is 2.11. The summed E-state index contributed by atoms with van der Waals surface area (Å²) in [6.07, 6.45) is 2.82. The molecular formula is C13H10ClNO. The molecule has 0 saturated heterocycles. The molecule has 3 heteroatoms. The van der Waals surface area contributed by atoms with E-state index in [0.29, 0.717) is 5.02 Å². The molecular weight excluding hydrogens is 222 g/mol. The molecule has 1 aliphatic rings. The maximum Gasteiger partial charge on any atom is 0.209 e. The molecule has 0 fully saturated rings. The van der Waals surface area contributed by atoms with Crippen LogP contribution in [0.3, 0.4) is 0 Å². The Morgan fingerprint density at radius 3 is 3.00 bits per heavy atom. The summed E-state index contributed by atoms with van der Waals surface area (Å²) in [7, 11) is 0. The minimum atomic E-state index is 0.0694. The van der Waals surface area contributed by atoms with Crippen LogP contribution >= 0.6 is 11.6 Å². The van der Waals surface area contributed by atoms with Gasteiger partial charge in [-0.15, -0.1) is 0 Å². The quantitative estimate of drug-likeness (QED) is 0.683. The van der Waals surface area contributed by atoms with Gasteiger partial charge in [0, 0.05) is 23.3 Å². The molecule has 2 nitrogen and oxygen atoms in total. The highest BCUT2D eigenvalue weighted by atomic mass is 35.5. The number of halogens is 1. The van der Waals surface area contributed by atoms with Crippen LogP contribution in [0.25, 0.3) is 0 Å². The van der Waals surface area contributed by atoms with Gasteiger partial charge < -0.3 is 4.57 Å². The zero-order valence-corrected chi connectivity index (χ0v) is 9.37. The molecule has 0 spiro atoms. The number of aryl methyl sites for hydroxylation is 2. The number of carbonyl (C=O) groups is 1. The van der Waals surface area contributed by atoms with Crippen molar-refractivity contribution in [2.24, 2.45) is 0 Å². The van der Waals surface area contributed by atoms with Crippen molar-refractivity contribution >= 4 is 17.4 Å². The van der Waals surface area contributed by atoms with E-state index >= 15 is 0 Å². The number of hydrogen-bond acceptors (Lipinski definition) is 1. The molecule has 0 radical (unpaired) electrons. The molecule has 0 atom stereocenters. The highest BCUT2D eigenvalue weighted by molar-refractivity contribution is 6.31. The molecule has 16 heavy (non-hydrogen) atoms. The van der Waals surface area contributed by atoms with Gasteiger partial charge in [-0.1, -0.05) is 17.7 Å². The summed E-state index contributed by atoms with van der Waals surface area (Å²) in [4.78, 5) is 12.3. The van der Waals surface area contributed by atoms with Crippen LogP contribution in [0.15, 0.2) is 36.5 Å². The lowest BCUT2D eigenvalue weighted by Crippen LogP contribution is -2.06. The van der Waals surface area contributed by atoms with Crippen molar-refractivity contribution in [2.75, 3.05) is 0 Å². The van der Waals surface area contributed by atoms with Crippen molar-refractivity contribution in [1.29, 1.82) is 0 Å². The molecule has 0 saturated carbocycles. The van der Waals surface area contributed by atoms with Crippen LogP contribution in [0, 0.1) is 0 Å². The standard InChI is InChI=1S/C13H10ClNO/c14-10-4-3-9-5-7-15-6-1-2-12(15)13(16)11(9)8-10/h1-4,6,8H,5,7H2. The summed E-state index contributed by atoms with van der Waals surface area (Å²) in [5.41, 5.74) is 2.57. The largest absolute Gasteiger partial charge is 0.344 e. The lowest BCUT2D eigenvalue weighted by atomic mass is 10.0. The first-order valence-corrected chi connectivity index (χ1v) is 5.62. The lowest BCUT2D eigenvalue weighted by molar-refractivity contribution is 0.103. The predicted octanol–water partition coefficient (Wildman–Crippen LogP) is 2.93. The summed E-state index contributed by atoms with van der Waals surface area (Å²) >= 11 is 5.94. The minimum absolute atomic E-state index is 0.0694. The van der Waals surface area contributed by atoms with Gasteiger partial charge in [0.05, 0.1) is 5.69 Å². The highest BCUT2D eigenvalue weighted by Crippen LogP contribution is 2.23. The summed E-state index contributed by atoms with van der Waals surface area (Å²) in [6.45, 7) is 0.850. The second kappa shape index (κ2) is 3.49. The third-order valence-corrected chi connectivity index (χ3v) is 3.24. The predicted molar refractivity (Wildman–Crippen MR) is 63.0 cm³/mol. The minimum Gasteiger partial charge on any atom is -0.344 e. The molecule has 1 aromatic heterocycles. The monoisotopic (exact) mass is 231 g/mol. The molecule has 0 aliphatic carbocycles. The number of hydrogen-bond donors (Lipinski definition) is 0. The lowest BCUT2D eigenvalue weighted by Gasteiger charge is -2.03. The molecule has 80 valence electrons. The molecule has 0 bridgehead atoms. The van der Waals surface area contributed by atoms with Crippen molar-refractivity contribution in [3.8, 4) is 0 Å². The second-order valence-electron chi connectivity index (χ2n) is 3.97. The fourth-order valence-corrected chi connectivity index (χ4v) is 2.34. The first-order chi connectivity index (χ1) is 7.75. The van der Waals surface area contributed by atoms with E-state index in [1.54, 1.807) is 6.07 Å². The van der Waals surface area contributed by atoms with Crippen molar-refractivity contribution < 1.29 is 4.79 Å². The van der Waals surface area contributed by atoms with Crippen molar-refractivity contribution in [1.82, 2.24) is 4.57 Å². The Balaban J connectivity index is 2.22. The Labute approximate surface area is 98.5 Å². The topological polar surface area (TPSA) is 22.0 Å². The molecule has 1 aliphatic heterocycles. The van der Waals surface area contributed by atoms with Crippen molar-refractivity contribution in [3.05, 3.63) is 58.4 Å². The Morgan fingerprint density at radius 2 is 2.12 bits per heavy atom. The van der Waals surface area contributed by atoms with E-state index in [-0.39, 0.29) is 5.78 Å². The van der Waals surface area contributed by atoms with E-state index < -0.39 is 0 Å². The number of ketones is 1. The van der Waals surface area contributed by atoms with Crippen LogP contribution in [-0.2, 0) is 13.0 Å². The first kappa shape index (κ1) is 9.67. The summed E-state index contributed by atoms with van der Waals surface area (Å²) in [5, 5.41) is 0.618. The van der Waals surface area contributed by atoms with Gasteiger partial charge in [-0.05, 0) is 36.2 Å². The van der Waals surface area contributed by atoms with Gasteiger partial charge in [-0.2, -0.15) is 0 Å². The van der Waals surface area contributed by atoms with Gasteiger partial charge >= 0.3 is 0 Å². The van der Waals surface area contributed by atoms with Crippen LogP contribution in [0.2, 0.25) is 5.02 Å². The van der Waals surface area contributed by atoms with Crippen LogP contribution in [0.5, 0.6) is 0 Å². The van der Waals surface area contributed by atoms with E-state index in [4.69, 9.17) is 11.6 Å². The Bertz CT molecular complexity index is 571. The van der Waals surface area contributed by atoms with Gasteiger partial charge in [-0.3, -0.25) is 4.79 Å². The van der Waals surface area contributed by atoms with Crippen LogP contribution in [0.1, 0.15) is 21.6 Å². The maximum absolute atomic E-state index is 12.3. The number of fused-ring (bicyclic) bond motifs is 2. The number of benzene rings is 1. The third-order valence-electron chi connectivity index (χ3n) is 3.00. The van der Waals surface area contributed by atoms with E-state index in [9.17, 15) is 4.79 Å². The van der Waals surface area contributed by atoms with Crippen molar-refractivity contribution in [3.63, 3.8) is 0 Å². The SMILES string of the molecule is O=C1c2cc(Cl)ccc2CCn2cccc21. The summed E-state index contributed by atoms with van der Waals surface area (Å²) < 4.78 is 2.00. The Morgan fingerprint density at radius 1 is 1.25 bits per heavy atom. The number of nitrogens with zero attached hydrogens (tertiary/aromatic N) is 1. The van der Waals surface area contributed by atoms with Crippen LogP contribution in [-0.4, -0.2) is 10.4 Å². The average molecular weight is 232 g/mol. The average Bonchev–Trinajstić information content (AvgIpc) is 2.70. The second-order valence-corrected chi connectivity index (χ2v) is 4.40. The fourth-order valence-electron chi connectivity index (χ4n) is 2.17. The molecule has 0 unspecified atom stereocenters. The molecule has 3 rings (SSSR count). The van der Waals surface area contributed by atoms with Gasteiger partial charge in [-0.25, -0.2) is 0 Å². The van der Waals surface area contributed by atoms with Gasteiger partial charge in [0.2, 0.25) is 5.78 Å². The Hall–Kier alpha value is -1.54. The smallest absolute Gasteiger partial charge is 0.209 e. The molecule has 0 N–H and O–H groups in total. The summed E-state index contributed by atoms with van der Waals surface area (Å²) in [6, 6.07) is 9.32. The summed E-state index contributed by atoms with van der Waals surface area (Å²) in [5.74, 6) is 0.0694. The first-order valence-electron chi connectivity index (χ1n) is 5.24. The van der Waals surface area contributed by atoms with E-state index in [0.717, 1.165) is 29.8 Å². The van der Waals surface area contributed by atoms with Crippen molar-refractivity contribution in [2.45, 2.75) is 13.0 Å². The van der Waals surface area contributed by atoms with Crippen LogP contribution < -0.4 is 0 Å². The highest BCUT2D eigenvalue weighted by Gasteiger charge is 2.20. The molecule has 1 aromatic carbocycles. The number of carbonyl (C=O) groups excluding carboxylic acids is 1. The molecule has 2 heterocycles. The number of aromatic nitrogens is 1. The molecule has 0 amide bonds. The third kappa shape index (κ3) is 1.38. The van der Waals surface area contributed by atoms with E-state index in [2.05, 4.69) is 0 Å². The van der Waals surface area contributed by atoms with Gasteiger partial charge in [0.25, 0.3) is 0 Å². The van der Waals surface area contributed by atoms with Gasteiger partial charge in [0.15, 0.2) is 0 Å². The van der Waals surface area contributed by atoms with Crippen LogP contribution in [0.4, 0.5) is 0 Å². The van der Waals surface area contributed by atoms with Gasteiger partial charge in [0.1, 0.15) is 0 Å². The van der Waals surface area contributed by atoms with E-state index in [1.807, 2.05) is 35.0 Å².